The minimum Gasteiger partial charge on any atom is -0.492 e. The van der Waals surface area contributed by atoms with Crippen LogP contribution in [0.1, 0.15) is 102 Å². The fraction of sp³-hybridized carbons (Fsp3) is 0.545. The van der Waals surface area contributed by atoms with Gasteiger partial charge in [0.05, 0.1) is 17.5 Å². The lowest BCUT2D eigenvalue weighted by Crippen LogP contribution is -2.19. The van der Waals surface area contributed by atoms with Crippen LogP contribution in [-0.2, 0) is 6.54 Å². The molecular formula is C33H49BrClN3O2S. The molecule has 41 heavy (non-hydrogen) atoms. The highest BCUT2D eigenvalue weighted by atomic mass is 79.9. The topological polar surface area (TPSA) is 53.6 Å². The van der Waals surface area contributed by atoms with E-state index in [2.05, 4.69) is 34.1 Å². The Labute approximate surface area is 268 Å². The van der Waals surface area contributed by atoms with Gasteiger partial charge in [0.2, 0.25) is 0 Å². The molecule has 0 spiro atoms. The van der Waals surface area contributed by atoms with E-state index in [1.807, 2.05) is 36.4 Å². The van der Waals surface area contributed by atoms with Crippen molar-refractivity contribution in [3.63, 3.8) is 0 Å². The van der Waals surface area contributed by atoms with Crippen LogP contribution in [0.2, 0.25) is 5.02 Å². The summed E-state index contributed by atoms with van der Waals surface area (Å²) in [4.78, 5) is 14.7. The van der Waals surface area contributed by atoms with Crippen LogP contribution in [0.5, 0.6) is 5.75 Å². The Morgan fingerprint density at radius 2 is 1.39 bits per heavy atom. The maximum absolute atomic E-state index is 12.5. The van der Waals surface area contributed by atoms with Crippen molar-refractivity contribution in [1.29, 1.82) is 0 Å². The number of carbonyl (C=O) groups excluding carboxylic acids is 1. The van der Waals surface area contributed by atoms with Crippen LogP contribution in [0, 0.1) is 0 Å². The molecule has 0 saturated heterocycles. The molecule has 5 nitrogen and oxygen atoms in total. The minimum absolute atomic E-state index is 0. The Bertz CT molecular complexity index is 1020. The van der Waals surface area contributed by atoms with E-state index in [9.17, 15) is 4.79 Å². The molecule has 2 amide bonds. The predicted molar refractivity (Wildman–Crippen MR) is 184 cm³/mol. The number of benzene rings is 2. The van der Waals surface area contributed by atoms with Gasteiger partial charge in [-0.1, -0.05) is 114 Å². The van der Waals surface area contributed by atoms with E-state index in [4.69, 9.17) is 16.3 Å². The lowest BCUT2D eigenvalue weighted by Gasteiger charge is -2.15. The summed E-state index contributed by atoms with van der Waals surface area (Å²) in [5, 5.41) is 8.32. The average Bonchev–Trinajstić information content (AvgIpc) is 3.46. The number of halogens is 2. The second kappa shape index (κ2) is 21.8. The van der Waals surface area contributed by atoms with Crippen molar-refractivity contribution in [2.45, 2.75) is 103 Å². The molecule has 2 aromatic rings. The first kappa shape index (κ1) is 35.4. The number of ether oxygens (including phenoxy) is 1. The molecule has 0 fully saturated rings. The molecule has 0 aliphatic carbocycles. The highest BCUT2D eigenvalue weighted by Crippen LogP contribution is 2.28. The summed E-state index contributed by atoms with van der Waals surface area (Å²) in [6, 6.07) is 13.0. The number of hydrogen-bond acceptors (Lipinski definition) is 4. The number of carbonyl (C=O) groups is 1. The molecule has 0 unspecified atom stereocenters. The molecule has 1 aliphatic heterocycles. The Kier molecular flexibility index (Phi) is 18.8. The van der Waals surface area contributed by atoms with Gasteiger partial charge in [0, 0.05) is 24.1 Å². The van der Waals surface area contributed by atoms with Gasteiger partial charge in [0.1, 0.15) is 5.75 Å². The Hall–Kier alpha value is -1.83. The monoisotopic (exact) mass is 665 g/mol. The molecule has 3 rings (SSSR count). The second-order valence-electron chi connectivity index (χ2n) is 10.7. The third kappa shape index (κ3) is 15.3. The summed E-state index contributed by atoms with van der Waals surface area (Å²) in [5.74, 6) is 1.64. The summed E-state index contributed by atoms with van der Waals surface area (Å²) in [6.45, 7) is 3.80. The summed E-state index contributed by atoms with van der Waals surface area (Å²) < 4.78 is 5.89. The first-order chi connectivity index (χ1) is 19.6. The van der Waals surface area contributed by atoms with Crippen LogP contribution in [0.15, 0.2) is 54.1 Å². The molecular weight excluding hydrogens is 618 g/mol. The van der Waals surface area contributed by atoms with Gasteiger partial charge in [0.25, 0.3) is 0 Å². The van der Waals surface area contributed by atoms with Crippen LogP contribution in [0.25, 0.3) is 0 Å². The van der Waals surface area contributed by atoms with E-state index in [0.717, 1.165) is 24.5 Å². The Balaban J connectivity index is 0.00000588. The minimum atomic E-state index is -0.307. The number of hydrogen-bond donors (Lipinski definition) is 2. The van der Waals surface area contributed by atoms with Crippen LogP contribution < -0.4 is 15.4 Å². The number of nitrogens with one attached hydrogen (secondary N) is 2. The van der Waals surface area contributed by atoms with Gasteiger partial charge in [0.15, 0.2) is 0 Å². The number of thioether (sulfide) groups is 1. The molecule has 0 saturated carbocycles. The van der Waals surface area contributed by atoms with Gasteiger partial charge in [-0.05, 0) is 47.7 Å². The molecule has 2 aromatic carbocycles. The van der Waals surface area contributed by atoms with E-state index in [1.54, 1.807) is 17.8 Å². The van der Waals surface area contributed by atoms with Crippen molar-refractivity contribution in [3.8, 4) is 5.75 Å². The van der Waals surface area contributed by atoms with E-state index >= 15 is 0 Å². The van der Waals surface area contributed by atoms with Gasteiger partial charge in [-0.25, -0.2) is 4.79 Å². The largest absolute Gasteiger partial charge is 0.492 e. The zero-order valence-corrected chi connectivity index (χ0v) is 28.0. The fourth-order valence-electron chi connectivity index (χ4n) is 4.81. The number of nitrogens with zero attached hydrogens (tertiary/aromatic N) is 1. The number of amides is 2. The third-order valence-corrected chi connectivity index (χ3v) is 8.24. The maximum atomic E-state index is 12.5. The zero-order chi connectivity index (χ0) is 28.3. The summed E-state index contributed by atoms with van der Waals surface area (Å²) in [5.41, 5.74) is 2.57. The maximum Gasteiger partial charge on any atom is 0.323 e. The molecule has 0 atom stereocenters. The van der Waals surface area contributed by atoms with Gasteiger partial charge in [-0.15, -0.1) is 28.7 Å². The standard InChI is InChI=1S/C33H48ClN3O2S.BrH/c1-2-3-4-5-6-7-8-9-10-11-12-13-14-15-23-39-32-21-20-30(25-31(32)34)36-33(38)35-29-18-16-28(17-19-29)26-37-22-24-40-27-37;/h16-22,24-25H,2-15,23,26-27H2,1H3,(H2,35,36,38);1H. The second-order valence-corrected chi connectivity index (χ2v) is 12.0. The summed E-state index contributed by atoms with van der Waals surface area (Å²) in [7, 11) is 0. The molecule has 0 aromatic heterocycles. The van der Waals surface area contributed by atoms with Gasteiger partial charge in [-0.2, -0.15) is 0 Å². The van der Waals surface area contributed by atoms with Gasteiger partial charge >= 0.3 is 6.03 Å². The van der Waals surface area contributed by atoms with E-state index in [0.29, 0.717) is 23.1 Å². The quantitative estimate of drug-likeness (QED) is 0.138. The smallest absolute Gasteiger partial charge is 0.323 e. The number of rotatable bonds is 20. The molecule has 1 aliphatic rings. The fourth-order valence-corrected chi connectivity index (χ4v) is 5.75. The molecule has 1 heterocycles. The van der Waals surface area contributed by atoms with Crippen LogP contribution in [0.4, 0.5) is 16.2 Å². The van der Waals surface area contributed by atoms with Crippen molar-refractivity contribution in [1.82, 2.24) is 4.90 Å². The zero-order valence-electron chi connectivity index (χ0n) is 24.7. The molecule has 0 bridgehead atoms. The van der Waals surface area contributed by atoms with Crippen molar-refractivity contribution < 1.29 is 9.53 Å². The van der Waals surface area contributed by atoms with Gasteiger partial charge in [-0.3, -0.25) is 0 Å². The molecule has 8 heteroatoms. The van der Waals surface area contributed by atoms with Crippen molar-refractivity contribution >= 4 is 57.8 Å². The normalized spacial score (nSPS) is 12.3. The Morgan fingerprint density at radius 1 is 0.829 bits per heavy atom. The van der Waals surface area contributed by atoms with E-state index in [1.165, 1.54) is 89.0 Å². The first-order valence-corrected chi connectivity index (χ1v) is 16.7. The number of urea groups is 1. The first-order valence-electron chi connectivity index (χ1n) is 15.3. The lowest BCUT2D eigenvalue weighted by atomic mass is 10.0. The molecule has 0 radical (unpaired) electrons. The van der Waals surface area contributed by atoms with Crippen LogP contribution >= 0.6 is 40.3 Å². The van der Waals surface area contributed by atoms with E-state index in [-0.39, 0.29) is 23.0 Å². The summed E-state index contributed by atoms with van der Waals surface area (Å²) in [6.07, 6.45) is 20.8. The highest BCUT2D eigenvalue weighted by molar-refractivity contribution is 8.93. The van der Waals surface area contributed by atoms with Crippen molar-refractivity contribution in [2.24, 2.45) is 0 Å². The summed E-state index contributed by atoms with van der Waals surface area (Å²) >= 11 is 8.21. The van der Waals surface area contributed by atoms with Crippen molar-refractivity contribution in [2.75, 3.05) is 23.1 Å². The average molecular weight is 667 g/mol. The third-order valence-electron chi connectivity index (χ3n) is 7.15. The van der Waals surface area contributed by atoms with E-state index < -0.39 is 0 Å². The lowest BCUT2D eigenvalue weighted by molar-refractivity contribution is 0.262. The van der Waals surface area contributed by atoms with Gasteiger partial charge < -0.3 is 20.3 Å². The molecule has 2 N–H and O–H groups in total. The molecule has 228 valence electrons. The van der Waals surface area contributed by atoms with Crippen LogP contribution in [0.3, 0.4) is 0 Å². The highest BCUT2D eigenvalue weighted by Gasteiger charge is 2.09. The SMILES string of the molecule is Br.CCCCCCCCCCCCCCCCOc1ccc(NC(=O)Nc2ccc(CN3C=CSC3)cc2)cc1Cl. The van der Waals surface area contributed by atoms with Crippen molar-refractivity contribution in [3.05, 3.63) is 64.7 Å². The number of unbranched alkanes of at least 4 members (excludes halogenated alkanes) is 13. The predicted octanol–water partition coefficient (Wildman–Crippen LogP) is 11.4. The Morgan fingerprint density at radius 3 is 1.95 bits per heavy atom. The number of anilines is 2. The van der Waals surface area contributed by atoms with Crippen LogP contribution in [-0.4, -0.2) is 23.4 Å².